The molecule has 0 spiro atoms. The molecule has 1 aromatic carbocycles. The molecule has 0 unspecified atom stereocenters. The Morgan fingerprint density at radius 3 is 2.38 bits per heavy atom. The van der Waals surface area contributed by atoms with E-state index >= 15 is 0 Å². The minimum atomic E-state index is -1.75. The van der Waals surface area contributed by atoms with Gasteiger partial charge in [0, 0.05) is 18.7 Å². The van der Waals surface area contributed by atoms with Crippen LogP contribution in [0.15, 0.2) is 60.3 Å². The standard InChI is InChI=1S/C19H19F2NO4/c1-14(18(20)21)9-10-26-19(23)15-7-8-17(22-13-15)25-12-11-24-16-5-3-2-4-6-16/h2-8,13H,9-12H2,1H3. The zero-order valence-electron chi connectivity index (χ0n) is 14.3. The fourth-order valence-corrected chi connectivity index (χ4v) is 1.88. The fraction of sp³-hybridized carbons (Fsp3) is 0.263. The van der Waals surface area contributed by atoms with Crippen molar-refractivity contribution < 1.29 is 27.8 Å². The Morgan fingerprint density at radius 1 is 1.00 bits per heavy atom. The first-order valence-corrected chi connectivity index (χ1v) is 8.01. The van der Waals surface area contributed by atoms with Crippen molar-refractivity contribution in [3.63, 3.8) is 0 Å². The number of hydrogen-bond donors (Lipinski definition) is 0. The molecule has 138 valence electrons. The van der Waals surface area contributed by atoms with Gasteiger partial charge in [0.2, 0.25) is 5.88 Å². The molecule has 7 heteroatoms. The van der Waals surface area contributed by atoms with Gasteiger partial charge in [0.15, 0.2) is 0 Å². The first-order valence-electron chi connectivity index (χ1n) is 8.01. The molecule has 0 atom stereocenters. The highest BCUT2D eigenvalue weighted by molar-refractivity contribution is 5.89. The summed E-state index contributed by atoms with van der Waals surface area (Å²) in [6, 6.07) is 12.4. The van der Waals surface area contributed by atoms with Crippen molar-refractivity contribution in [2.75, 3.05) is 19.8 Å². The first-order chi connectivity index (χ1) is 12.6. The zero-order chi connectivity index (χ0) is 18.8. The molecule has 26 heavy (non-hydrogen) atoms. The van der Waals surface area contributed by atoms with Gasteiger partial charge in [-0.25, -0.2) is 9.78 Å². The van der Waals surface area contributed by atoms with E-state index in [0.717, 1.165) is 5.75 Å². The van der Waals surface area contributed by atoms with Crippen LogP contribution in [0.1, 0.15) is 23.7 Å². The molecule has 0 bridgehead atoms. The molecule has 0 radical (unpaired) electrons. The van der Waals surface area contributed by atoms with Gasteiger partial charge < -0.3 is 14.2 Å². The number of carbonyl (C=O) groups is 1. The maximum atomic E-state index is 12.3. The number of carbonyl (C=O) groups excluding carboxylic acids is 1. The Bertz CT molecular complexity index is 729. The lowest BCUT2D eigenvalue weighted by Crippen LogP contribution is -2.10. The van der Waals surface area contributed by atoms with Crippen molar-refractivity contribution in [3.05, 3.63) is 65.9 Å². The molecule has 0 N–H and O–H groups in total. The van der Waals surface area contributed by atoms with Gasteiger partial charge in [-0.15, -0.1) is 0 Å². The van der Waals surface area contributed by atoms with Gasteiger partial charge in [-0.05, 0) is 30.7 Å². The van der Waals surface area contributed by atoms with E-state index in [1.807, 2.05) is 30.3 Å². The Balaban J connectivity index is 1.71. The van der Waals surface area contributed by atoms with Crippen molar-refractivity contribution in [1.82, 2.24) is 4.98 Å². The van der Waals surface area contributed by atoms with Crippen LogP contribution in [0.2, 0.25) is 0 Å². The van der Waals surface area contributed by atoms with E-state index in [1.54, 1.807) is 0 Å². The number of halogens is 2. The molecule has 0 saturated heterocycles. The topological polar surface area (TPSA) is 57.7 Å². The van der Waals surface area contributed by atoms with E-state index in [-0.39, 0.29) is 24.2 Å². The predicted molar refractivity (Wildman–Crippen MR) is 91.5 cm³/mol. The van der Waals surface area contributed by atoms with Crippen LogP contribution in [0.3, 0.4) is 0 Å². The van der Waals surface area contributed by atoms with Crippen LogP contribution < -0.4 is 9.47 Å². The molecule has 2 rings (SSSR count). The highest BCUT2D eigenvalue weighted by atomic mass is 19.3. The van der Waals surface area contributed by atoms with Gasteiger partial charge in [-0.2, -0.15) is 8.78 Å². The molecule has 0 saturated carbocycles. The Hall–Kier alpha value is -2.96. The van der Waals surface area contributed by atoms with Crippen molar-refractivity contribution >= 4 is 5.97 Å². The number of rotatable bonds is 9. The number of nitrogens with zero attached hydrogens (tertiary/aromatic N) is 1. The second-order valence-corrected chi connectivity index (χ2v) is 5.32. The smallest absolute Gasteiger partial charge is 0.339 e. The van der Waals surface area contributed by atoms with Crippen LogP contribution in [-0.2, 0) is 4.74 Å². The van der Waals surface area contributed by atoms with Crippen LogP contribution in [0.4, 0.5) is 8.78 Å². The molecule has 1 aromatic heterocycles. The number of esters is 1. The summed E-state index contributed by atoms with van der Waals surface area (Å²) in [4.78, 5) is 15.8. The third-order valence-corrected chi connectivity index (χ3v) is 3.35. The van der Waals surface area contributed by atoms with E-state index in [9.17, 15) is 13.6 Å². The first kappa shape index (κ1) is 19.4. The van der Waals surface area contributed by atoms with Gasteiger partial charge in [-0.1, -0.05) is 18.2 Å². The van der Waals surface area contributed by atoms with Crippen molar-refractivity contribution in [2.24, 2.45) is 0 Å². The van der Waals surface area contributed by atoms with Crippen molar-refractivity contribution in [3.8, 4) is 11.6 Å². The fourth-order valence-electron chi connectivity index (χ4n) is 1.88. The Labute approximate surface area is 150 Å². The van der Waals surface area contributed by atoms with Crippen LogP contribution in [0, 0.1) is 0 Å². The summed E-state index contributed by atoms with van der Waals surface area (Å²) in [5, 5.41) is 0. The van der Waals surface area contributed by atoms with Crippen molar-refractivity contribution in [1.29, 1.82) is 0 Å². The second-order valence-electron chi connectivity index (χ2n) is 5.32. The number of aromatic nitrogens is 1. The minimum absolute atomic E-state index is 0.00981. The summed E-state index contributed by atoms with van der Waals surface area (Å²) in [5.74, 6) is 0.472. The lowest BCUT2D eigenvalue weighted by molar-refractivity contribution is 0.0507. The van der Waals surface area contributed by atoms with E-state index in [2.05, 4.69) is 4.98 Å². The molecular weight excluding hydrogens is 344 g/mol. The van der Waals surface area contributed by atoms with Crippen LogP contribution in [-0.4, -0.2) is 30.8 Å². The van der Waals surface area contributed by atoms with Crippen molar-refractivity contribution in [2.45, 2.75) is 13.3 Å². The average molecular weight is 363 g/mol. The molecule has 0 aliphatic heterocycles. The van der Waals surface area contributed by atoms with Gasteiger partial charge in [0.1, 0.15) is 19.0 Å². The highest BCUT2D eigenvalue weighted by Gasteiger charge is 2.09. The molecule has 1 heterocycles. The van der Waals surface area contributed by atoms with E-state index in [0.29, 0.717) is 19.1 Å². The van der Waals surface area contributed by atoms with E-state index in [1.165, 1.54) is 25.3 Å². The molecule has 2 aromatic rings. The molecule has 5 nitrogen and oxygen atoms in total. The maximum absolute atomic E-state index is 12.3. The summed E-state index contributed by atoms with van der Waals surface area (Å²) in [6.45, 7) is 1.83. The maximum Gasteiger partial charge on any atom is 0.339 e. The average Bonchev–Trinajstić information content (AvgIpc) is 2.66. The highest BCUT2D eigenvalue weighted by Crippen LogP contribution is 2.13. The van der Waals surface area contributed by atoms with Crippen LogP contribution in [0.25, 0.3) is 0 Å². The second kappa shape index (κ2) is 10.1. The monoisotopic (exact) mass is 363 g/mol. The third-order valence-electron chi connectivity index (χ3n) is 3.35. The zero-order valence-corrected chi connectivity index (χ0v) is 14.3. The van der Waals surface area contributed by atoms with Crippen LogP contribution >= 0.6 is 0 Å². The van der Waals surface area contributed by atoms with E-state index < -0.39 is 12.0 Å². The summed E-state index contributed by atoms with van der Waals surface area (Å²) < 4.78 is 40.3. The Kier molecular flexibility index (Phi) is 7.54. The molecular formula is C19H19F2NO4. The van der Waals surface area contributed by atoms with Gasteiger partial charge in [0.25, 0.3) is 6.08 Å². The summed E-state index contributed by atoms with van der Waals surface area (Å²) in [7, 11) is 0. The largest absolute Gasteiger partial charge is 0.490 e. The molecule has 0 amide bonds. The predicted octanol–water partition coefficient (Wildman–Crippen LogP) is 4.26. The number of para-hydroxylation sites is 1. The number of pyridine rings is 1. The summed E-state index contributed by atoms with van der Waals surface area (Å²) in [5.41, 5.74) is 0.123. The normalized spacial score (nSPS) is 10.1. The lowest BCUT2D eigenvalue weighted by Gasteiger charge is -2.08. The van der Waals surface area contributed by atoms with Gasteiger partial charge in [-0.3, -0.25) is 0 Å². The summed E-state index contributed by atoms with van der Waals surface area (Å²) >= 11 is 0. The number of hydrogen-bond acceptors (Lipinski definition) is 5. The van der Waals surface area contributed by atoms with Crippen LogP contribution in [0.5, 0.6) is 11.6 Å². The number of benzene rings is 1. The SMILES string of the molecule is CC(CCOC(=O)c1ccc(OCCOc2ccccc2)nc1)=C(F)F. The lowest BCUT2D eigenvalue weighted by atomic mass is 10.2. The molecule has 0 aliphatic rings. The molecule has 0 fully saturated rings. The van der Waals surface area contributed by atoms with Gasteiger partial charge >= 0.3 is 5.97 Å². The minimum Gasteiger partial charge on any atom is -0.490 e. The quantitative estimate of drug-likeness (QED) is 0.492. The van der Waals surface area contributed by atoms with Gasteiger partial charge in [0.05, 0.1) is 12.2 Å². The Morgan fingerprint density at radius 2 is 1.73 bits per heavy atom. The van der Waals surface area contributed by atoms with E-state index in [4.69, 9.17) is 14.2 Å². The third kappa shape index (κ3) is 6.51. The number of ether oxygens (including phenoxy) is 3. The molecule has 0 aliphatic carbocycles. The summed E-state index contributed by atoms with van der Waals surface area (Å²) in [6.07, 6.45) is -0.446.